The fourth-order valence-electron chi connectivity index (χ4n) is 1.81. The van der Waals surface area contributed by atoms with Crippen LogP contribution in [0.15, 0.2) is 40.1 Å². The van der Waals surface area contributed by atoms with Gasteiger partial charge in [-0.3, -0.25) is 4.79 Å². The Morgan fingerprint density at radius 1 is 1.48 bits per heavy atom. The van der Waals surface area contributed by atoms with E-state index in [1.807, 2.05) is 42.1 Å². The minimum atomic E-state index is -0.0997. The Bertz CT molecular complexity index is 573. The van der Waals surface area contributed by atoms with Gasteiger partial charge in [-0.1, -0.05) is 12.1 Å². The lowest BCUT2D eigenvalue weighted by Crippen LogP contribution is -2.33. The Hall–Kier alpha value is -1.37. The molecule has 2 N–H and O–H groups in total. The van der Waals surface area contributed by atoms with Crippen LogP contribution in [0.1, 0.15) is 29.4 Å². The molecule has 1 aromatic heterocycles. The topological polar surface area (TPSA) is 62.2 Å². The highest BCUT2D eigenvalue weighted by Gasteiger charge is 2.13. The van der Waals surface area contributed by atoms with Crippen LogP contribution in [0.3, 0.4) is 0 Å². The molecule has 1 aromatic carbocycles. The fraction of sp³-hybridized carbons (Fsp3) is 0.333. The van der Waals surface area contributed by atoms with Crippen LogP contribution in [0.2, 0.25) is 0 Å². The molecule has 0 aliphatic carbocycles. The largest absolute Gasteiger partial charge is 0.396 e. The normalized spacial score (nSPS) is 12.1. The van der Waals surface area contributed by atoms with E-state index < -0.39 is 0 Å². The Labute approximate surface area is 132 Å². The average molecular weight is 322 g/mol. The Morgan fingerprint density at radius 3 is 3.00 bits per heavy atom. The van der Waals surface area contributed by atoms with E-state index in [1.54, 1.807) is 23.1 Å². The average Bonchev–Trinajstić information content (AvgIpc) is 2.99. The van der Waals surface area contributed by atoms with Gasteiger partial charge in [0.05, 0.1) is 16.8 Å². The van der Waals surface area contributed by atoms with Gasteiger partial charge in [-0.15, -0.1) is 23.1 Å². The first kappa shape index (κ1) is 16.0. The van der Waals surface area contributed by atoms with Crippen LogP contribution >= 0.6 is 23.1 Å². The monoisotopic (exact) mass is 322 g/mol. The summed E-state index contributed by atoms with van der Waals surface area (Å²) < 4.78 is 0. The SMILES string of the molecule is C[C@H](CCO)NC(=O)c1ccccc1SCc1cscn1. The third kappa shape index (κ3) is 4.84. The van der Waals surface area contributed by atoms with Gasteiger partial charge in [-0.05, 0) is 25.5 Å². The maximum Gasteiger partial charge on any atom is 0.252 e. The number of aromatic nitrogens is 1. The second-order valence-corrected chi connectivity index (χ2v) is 6.39. The second-order valence-electron chi connectivity index (χ2n) is 4.65. The number of rotatable bonds is 7. The van der Waals surface area contributed by atoms with Gasteiger partial charge in [0, 0.05) is 28.7 Å². The van der Waals surface area contributed by atoms with Crippen molar-refractivity contribution < 1.29 is 9.90 Å². The molecule has 0 bridgehead atoms. The Morgan fingerprint density at radius 2 is 2.29 bits per heavy atom. The van der Waals surface area contributed by atoms with E-state index >= 15 is 0 Å². The molecule has 6 heteroatoms. The molecule has 0 aliphatic heterocycles. The van der Waals surface area contributed by atoms with E-state index in [4.69, 9.17) is 5.11 Å². The lowest BCUT2D eigenvalue weighted by Gasteiger charge is -2.14. The van der Waals surface area contributed by atoms with Crippen molar-refractivity contribution in [1.82, 2.24) is 10.3 Å². The zero-order valence-electron chi connectivity index (χ0n) is 11.8. The summed E-state index contributed by atoms with van der Waals surface area (Å²) in [7, 11) is 0. The number of carbonyl (C=O) groups is 1. The van der Waals surface area contributed by atoms with Crippen molar-refractivity contribution in [2.75, 3.05) is 6.61 Å². The van der Waals surface area contributed by atoms with E-state index in [0.717, 1.165) is 16.3 Å². The molecule has 21 heavy (non-hydrogen) atoms. The van der Waals surface area contributed by atoms with Crippen molar-refractivity contribution in [3.8, 4) is 0 Å². The maximum absolute atomic E-state index is 12.3. The molecule has 4 nitrogen and oxygen atoms in total. The number of benzene rings is 1. The van der Waals surface area contributed by atoms with Crippen molar-refractivity contribution in [2.24, 2.45) is 0 Å². The minimum Gasteiger partial charge on any atom is -0.396 e. The molecule has 0 spiro atoms. The number of carbonyl (C=O) groups excluding carboxylic acids is 1. The number of thiazole rings is 1. The van der Waals surface area contributed by atoms with Crippen molar-refractivity contribution in [3.05, 3.63) is 46.4 Å². The molecule has 1 atom stereocenters. The number of amides is 1. The number of aliphatic hydroxyl groups is 1. The number of nitrogens with one attached hydrogen (secondary N) is 1. The van der Waals surface area contributed by atoms with E-state index in [9.17, 15) is 4.79 Å². The smallest absolute Gasteiger partial charge is 0.252 e. The lowest BCUT2D eigenvalue weighted by molar-refractivity contribution is 0.0931. The fourth-order valence-corrected chi connectivity index (χ4v) is 3.42. The van der Waals surface area contributed by atoms with E-state index in [0.29, 0.717) is 12.0 Å². The maximum atomic E-state index is 12.3. The number of nitrogens with zero attached hydrogens (tertiary/aromatic N) is 1. The number of thioether (sulfide) groups is 1. The van der Waals surface area contributed by atoms with Crippen LogP contribution in [0.25, 0.3) is 0 Å². The summed E-state index contributed by atoms with van der Waals surface area (Å²) in [5.41, 5.74) is 3.50. The van der Waals surface area contributed by atoms with Crippen LogP contribution in [0.5, 0.6) is 0 Å². The van der Waals surface area contributed by atoms with E-state index in [1.165, 1.54) is 0 Å². The summed E-state index contributed by atoms with van der Waals surface area (Å²) in [6.45, 7) is 1.96. The number of hydrogen-bond donors (Lipinski definition) is 2. The quantitative estimate of drug-likeness (QED) is 0.769. The van der Waals surface area contributed by atoms with Gasteiger partial charge in [0.25, 0.3) is 5.91 Å². The number of aliphatic hydroxyl groups excluding tert-OH is 1. The van der Waals surface area contributed by atoms with Gasteiger partial charge < -0.3 is 10.4 Å². The van der Waals surface area contributed by atoms with Crippen LogP contribution in [0.4, 0.5) is 0 Å². The molecule has 2 rings (SSSR count). The van der Waals surface area contributed by atoms with E-state index in [2.05, 4.69) is 10.3 Å². The first-order valence-corrected chi connectivity index (χ1v) is 8.64. The molecular formula is C15H18N2O2S2. The third-order valence-corrected chi connectivity index (χ3v) is 4.67. The summed E-state index contributed by atoms with van der Waals surface area (Å²) in [5.74, 6) is 0.650. The highest BCUT2D eigenvalue weighted by atomic mass is 32.2. The summed E-state index contributed by atoms with van der Waals surface area (Å²) in [4.78, 5) is 17.5. The lowest BCUT2D eigenvalue weighted by atomic mass is 10.2. The molecule has 0 fully saturated rings. The molecule has 0 unspecified atom stereocenters. The van der Waals surface area contributed by atoms with Crippen molar-refractivity contribution in [1.29, 1.82) is 0 Å². The van der Waals surface area contributed by atoms with Gasteiger partial charge >= 0.3 is 0 Å². The number of hydrogen-bond acceptors (Lipinski definition) is 5. The van der Waals surface area contributed by atoms with E-state index in [-0.39, 0.29) is 18.6 Å². The zero-order valence-corrected chi connectivity index (χ0v) is 13.4. The van der Waals surface area contributed by atoms with Gasteiger partial charge in [-0.2, -0.15) is 0 Å². The van der Waals surface area contributed by atoms with Gasteiger partial charge in [0.15, 0.2) is 0 Å². The summed E-state index contributed by atoms with van der Waals surface area (Å²) >= 11 is 3.18. The highest BCUT2D eigenvalue weighted by molar-refractivity contribution is 7.98. The van der Waals surface area contributed by atoms with Crippen molar-refractivity contribution in [2.45, 2.75) is 30.0 Å². The summed E-state index contributed by atoms with van der Waals surface area (Å²) in [5, 5.41) is 13.8. The van der Waals surface area contributed by atoms with Crippen LogP contribution in [-0.2, 0) is 5.75 Å². The zero-order chi connectivity index (χ0) is 15.1. The molecule has 1 amide bonds. The van der Waals surface area contributed by atoms with Crippen molar-refractivity contribution >= 4 is 29.0 Å². The first-order valence-electron chi connectivity index (χ1n) is 6.71. The molecule has 2 aromatic rings. The van der Waals surface area contributed by atoms with Crippen LogP contribution in [0, 0.1) is 0 Å². The summed E-state index contributed by atoms with van der Waals surface area (Å²) in [6, 6.07) is 7.52. The molecule has 0 radical (unpaired) electrons. The molecule has 1 heterocycles. The highest BCUT2D eigenvalue weighted by Crippen LogP contribution is 2.26. The Balaban J connectivity index is 2.03. The van der Waals surface area contributed by atoms with Crippen LogP contribution < -0.4 is 5.32 Å². The van der Waals surface area contributed by atoms with Crippen LogP contribution in [-0.4, -0.2) is 28.6 Å². The Kier molecular flexibility index (Phi) is 6.22. The standard InChI is InChI=1S/C15H18N2O2S2/c1-11(6-7-18)17-15(19)13-4-2-3-5-14(13)21-9-12-8-20-10-16-12/h2-5,8,10-11,18H,6-7,9H2,1H3,(H,17,19)/t11-/m1/s1. The minimum absolute atomic E-state index is 0.0425. The van der Waals surface area contributed by atoms with Gasteiger partial charge in [0.1, 0.15) is 0 Å². The predicted octanol–water partition coefficient (Wildman–Crippen LogP) is 2.94. The predicted molar refractivity (Wildman–Crippen MR) is 86.7 cm³/mol. The molecular weight excluding hydrogens is 304 g/mol. The second kappa shape index (κ2) is 8.17. The molecule has 0 aliphatic rings. The van der Waals surface area contributed by atoms with Gasteiger partial charge in [-0.25, -0.2) is 4.98 Å². The summed E-state index contributed by atoms with van der Waals surface area (Å²) in [6.07, 6.45) is 0.555. The first-order chi connectivity index (χ1) is 10.2. The van der Waals surface area contributed by atoms with Crippen molar-refractivity contribution in [3.63, 3.8) is 0 Å². The molecule has 112 valence electrons. The molecule has 0 saturated heterocycles. The molecule has 0 saturated carbocycles. The van der Waals surface area contributed by atoms with Gasteiger partial charge in [0.2, 0.25) is 0 Å². The third-order valence-electron chi connectivity index (χ3n) is 2.93.